The minimum absolute atomic E-state index is 0.0316. The van der Waals surface area contributed by atoms with Crippen LogP contribution in [-0.4, -0.2) is 59.3 Å². The molecule has 0 aliphatic carbocycles. The van der Waals surface area contributed by atoms with Gasteiger partial charge in [-0.2, -0.15) is 0 Å². The second-order valence-electron chi connectivity index (χ2n) is 4.18. The van der Waals surface area contributed by atoms with Gasteiger partial charge in [0.2, 0.25) is 0 Å². The number of nitrogens with one attached hydrogen (secondary N) is 1. The number of carboxylic acid groups (broad SMARTS) is 1. The quantitative estimate of drug-likeness (QED) is 0.467. The van der Waals surface area contributed by atoms with E-state index in [9.17, 15) is 15.0 Å². The van der Waals surface area contributed by atoms with E-state index in [-0.39, 0.29) is 19.6 Å². The van der Waals surface area contributed by atoms with Gasteiger partial charge in [0.05, 0.1) is 19.1 Å². The molecule has 4 N–H and O–H groups in total. The molecule has 0 bridgehead atoms. The van der Waals surface area contributed by atoms with E-state index in [1.807, 2.05) is 0 Å². The molecular formula is C10H19NO5. The molecule has 94 valence electrons. The fourth-order valence-electron chi connectivity index (χ4n) is 1.76. The number of aliphatic hydroxyl groups is 2. The zero-order valence-electron chi connectivity index (χ0n) is 9.19. The van der Waals surface area contributed by atoms with Crippen molar-refractivity contribution in [2.75, 3.05) is 26.4 Å². The van der Waals surface area contributed by atoms with Crippen molar-refractivity contribution in [3.05, 3.63) is 0 Å². The first-order valence-electron chi connectivity index (χ1n) is 5.41. The number of rotatable bonds is 6. The number of aliphatic carboxylic acids is 1. The Bertz CT molecular complexity index is 227. The van der Waals surface area contributed by atoms with Crippen LogP contribution in [-0.2, 0) is 9.53 Å². The number of aliphatic hydroxyl groups excluding tert-OH is 2. The normalized spacial score (nSPS) is 21.6. The van der Waals surface area contributed by atoms with Crippen molar-refractivity contribution in [1.82, 2.24) is 5.32 Å². The summed E-state index contributed by atoms with van der Waals surface area (Å²) < 4.78 is 5.19. The lowest BCUT2D eigenvalue weighted by Gasteiger charge is -2.37. The topological polar surface area (TPSA) is 99.0 Å². The molecule has 6 nitrogen and oxygen atoms in total. The van der Waals surface area contributed by atoms with Crippen LogP contribution in [0.5, 0.6) is 0 Å². The Hall–Kier alpha value is -0.690. The molecule has 1 aliphatic rings. The standard InChI is InChI=1S/C10H19NO5/c12-7-10(1-3-16-4-2-10)11-6-8(13)5-9(14)15/h8,11-13H,1-7H2,(H,14,15). The zero-order chi connectivity index (χ0) is 12.0. The summed E-state index contributed by atoms with van der Waals surface area (Å²) in [7, 11) is 0. The number of hydrogen-bond acceptors (Lipinski definition) is 5. The zero-order valence-corrected chi connectivity index (χ0v) is 9.19. The molecule has 1 fully saturated rings. The van der Waals surface area contributed by atoms with Crippen molar-refractivity contribution in [3.63, 3.8) is 0 Å². The molecule has 1 rings (SSSR count). The smallest absolute Gasteiger partial charge is 0.306 e. The number of hydrogen-bond donors (Lipinski definition) is 4. The fraction of sp³-hybridized carbons (Fsp3) is 0.900. The summed E-state index contributed by atoms with van der Waals surface area (Å²) in [6.07, 6.45) is 0.126. The second-order valence-corrected chi connectivity index (χ2v) is 4.18. The lowest BCUT2D eigenvalue weighted by molar-refractivity contribution is -0.139. The summed E-state index contributed by atoms with van der Waals surface area (Å²) >= 11 is 0. The van der Waals surface area contributed by atoms with Crippen molar-refractivity contribution in [3.8, 4) is 0 Å². The Kier molecular flexibility index (Phi) is 5.14. The Labute approximate surface area is 94.2 Å². The van der Waals surface area contributed by atoms with Crippen molar-refractivity contribution in [2.24, 2.45) is 0 Å². The Morgan fingerprint density at radius 1 is 1.44 bits per heavy atom. The molecule has 0 aromatic heterocycles. The third-order valence-corrected chi connectivity index (χ3v) is 2.88. The molecule has 0 aromatic rings. The molecule has 1 atom stereocenters. The Balaban J connectivity index is 2.35. The van der Waals surface area contributed by atoms with Gasteiger partial charge < -0.3 is 25.4 Å². The SMILES string of the molecule is O=C(O)CC(O)CNC1(CO)CCOCC1. The molecule has 1 unspecified atom stereocenters. The van der Waals surface area contributed by atoms with Crippen LogP contribution in [0.3, 0.4) is 0 Å². The molecule has 0 spiro atoms. The monoisotopic (exact) mass is 233 g/mol. The van der Waals surface area contributed by atoms with E-state index in [0.29, 0.717) is 26.1 Å². The van der Waals surface area contributed by atoms with Crippen molar-refractivity contribution >= 4 is 5.97 Å². The number of ether oxygens (including phenoxy) is 1. The number of carbonyl (C=O) groups is 1. The second kappa shape index (κ2) is 6.15. The predicted molar refractivity (Wildman–Crippen MR) is 56.1 cm³/mol. The molecular weight excluding hydrogens is 214 g/mol. The van der Waals surface area contributed by atoms with Crippen LogP contribution in [0.4, 0.5) is 0 Å². The predicted octanol–water partition coefficient (Wildman–Crippen LogP) is -1.05. The summed E-state index contributed by atoms with van der Waals surface area (Å²) in [6, 6.07) is 0. The Morgan fingerprint density at radius 2 is 2.06 bits per heavy atom. The van der Waals surface area contributed by atoms with Crippen LogP contribution in [0.15, 0.2) is 0 Å². The van der Waals surface area contributed by atoms with Gasteiger partial charge in [-0.1, -0.05) is 0 Å². The van der Waals surface area contributed by atoms with E-state index in [1.165, 1.54) is 0 Å². The van der Waals surface area contributed by atoms with Gasteiger partial charge in [0.15, 0.2) is 0 Å². The van der Waals surface area contributed by atoms with Gasteiger partial charge in [-0.05, 0) is 12.8 Å². The van der Waals surface area contributed by atoms with Gasteiger partial charge >= 0.3 is 5.97 Å². The molecule has 0 aromatic carbocycles. The minimum atomic E-state index is -1.03. The Morgan fingerprint density at radius 3 is 2.56 bits per heavy atom. The van der Waals surface area contributed by atoms with Gasteiger partial charge in [-0.3, -0.25) is 4.79 Å². The van der Waals surface area contributed by atoms with E-state index >= 15 is 0 Å². The maximum Gasteiger partial charge on any atom is 0.306 e. The third-order valence-electron chi connectivity index (χ3n) is 2.88. The van der Waals surface area contributed by atoms with Crippen LogP contribution in [0.1, 0.15) is 19.3 Å². The lowest BCUT2D eigenvalue weighted by atomic mass is 9.91. The molecule has 0 radical (unpaired) electrons. The highest BCUT2D eigenvalue weighted by molar-refractivity contribution is 5.67. The van der Waals surface area contributed by atoms with Gasteiger partial charge in [-0.25, -0.2) is 0 Å². The average Bonchev–Trinajstić information content (AvgIpc) is 2.27. The fourth-order valence-corrected chi connectivity index (χ4v) is 1.76. The first-order chi connectivity index (χ1) is 7.58. The summed E-state index contributed by atoms with van der Waals surface area (Å²) in [6.45, 7) is 1.29. The largest absolute Gasteiger partial charge is 0.481 e. The van der Waals surface area contributed by atoms with Crippen LogP contribution in [0.25, 0.3) is 0 Å². The first-order valence-corrected chi connectivity index (χ1v) is 5.41. The van der Waals surface area contributed by atoms with Crippen LogP contribution >= 0.6 is 0 Å². The van der Waals surface area contributed by atoms with Crippen LogP contribution in [0, 0.1) is 0 Å². The molecule has 6 heteroatoms. The van der Waals surface area contributed by atoms with E-state index in [0.717, 1.165) is 0 Å². The molecule has 1 saturated heterocycles. The van der Waals surface area contributed by atoms with E-state index in [4.69, 9.17) is 9.84 Å². The maximum atomic E-state index is 10.4. The minimum Gasteiger partial charge on any atom is -0.481 e. The van der Waals surface area contributed by atoms with Crippen molar-refractivity contribution in [2.45, 2.75) is 30.9 Å². The average molecular weight is 233 g/mol. The van der Waals surface area contributed by atoms with Gasteiger partial charge in [0.25, 0.3) is 0 Å². The number of carboxylic acids is 1. The first kappa shape index (κ1) is 13.4. The van der Waals surface area contributed by atoms with Crippen molar-refractivity contribution < 1.29 is 24.9 Å². The molecule has 1 aliphatic heterocycles. The summed E-state index contributed by atoms with van der Waals surface area (Å²) in [4.78, 5) is 10.4. The van der Waals surface area contributed by atoms with E-state index < -0.39 is 17.6 Å². The van der Waals surface area contributed by atoms with Gasteiger partial charge in [-0.15, -0.1) is 0 Å². The molecule has 0 amide bonds. The highest BCUT2D eigenvalue weighted by Crippen LogP contribution is 2.19. The summed E-state index contributed by atoms with van der Waals surface area (Å²) in [5.41, 5.74) is -0.433. The highest BCUT2D eigenvalue weighted by Gasteiger charge is 2.31. The molecule has 0 saturated carbocycles. The molecule has 16 heavy (non-hydrogen) atoms. The maximum absolute atomic E-state index is 10.4. The third kappa shape index (κ3) is 4.05. The van der Waals surface area contributed by atoms with Gasteiger partial charge in [0.1, 0.15) is 0 Å². The number of β-amino-alcohol motifs (C(OH)–C–C–N with tert-alkyl or cyclic N) is 1. The van der Waals surface area contributed by atoms with Crippen molar-refractivity contribution in [1.29, 1.82) is 0 Å². The molecule has 1 heterocycles. The van der Waals surface area contributed by atoms with E-state index in [2.05, 4.69) is 5.32 Å². The van der Waals surface area contributed by atoms with Crippen LogP contribution in [0.2, 0.25) is 0 Å². The highest BCUT2D eigenvalue weighted by atomic mass is 16.5. The van der Waals surface area contributed by atoms with Crippen LogP contribution < -0.4 is 5.32 Å². The van der Waals surface area contributed by atoms with Gasteiger partial charge in [0, 0.05) is 25.3 Å². The lowest BCUT2D eigenvalue weighted by Crippen LogP contribution is -2.54. The summed E-state index contributed by atoms with van der Waals surface area (Å²) in [5, 5.41) is 30.3. The van der Waals surface area contributed by atoms with E-state index in [1.54, 1.807) is 0 Å². The summed E-state index contributed by atoms with van der Waals surface area (Å²) in [5.74, 6) is -1.03.